The lowest BCUT2D eigenvalue weighted by molar-refractivity contribution is -0.192. The Hall–Kier alpha value is -3.00. The van der Waals surface area contributed by atoms with Gasteiger partial charge in [0.25, 0.3) is 0 Å². The number of hydrogen-bond acceptors (Lipinski definition) is 8. The van der Waals surface area contributed by atoms with Gasteiger partial charge in [-0.3, -0.25) is 4.79 Å². The Morgan fingerprint density at radius 3 is 2.62 bits per heavy atom. The molecule has 0 saturated carbocycles. The van der Waals surface area contributed by atoms with Gasteiger partial charge in [-0.05, 0) is 31.4 Å². The monoisotopic (exact) mass is 486 g/mol. The fraction of sp³-hybridized carbons (Fsp3) is 0.650. The molecule has 14 heteroatoms. The van der Waals surface area contributed by atoms with E-state index in [1.54, 1.807) is 10.8 Å². The summed E-state index contributed by atoms with van der Waals surface area (Å²) >= 11 is 0. The van der Waals surface area contributed by atoms with Gasteiger partial charge in [-0.25, -0.2) is 4.79 Å². The Kier molecular flexibility index (Phi) is 6.89. The molecular weight excluding hydrogens is 461 g/mol. The zero-order valence-electron chi connectivity index (χ0n) is 18.3. The minimum Gasteiger partial charge on any atom is -0.475 e. The molecule has 3 fully saturated rings. The van der Waals surface area contributed by atoms with Crippen molar-refractivity contribution in [1.82, 2.24) is 24.7 Å². The third-order valence-corrected chi connectivity index (χ3v) is 6.02. The van der Waals surface area contributed by atoms with E-state index >= 15 is 0 Å². The summed E-state index contributed by atoms with van der Waals surface area (Å²) in [5.74, 6) is -1.74. The zero-order chi connectivity index (χ0) is 24.3. The number of carboxylic acids is 1. The van der Waals surface area contributed by atoms with Gasteiger partial charge in [-0.1, -0.05) is 0 Å². The highest BCUT2D eigenvalue weighted by Gasteiger charge is 2.48. The van der Waals surface area contributed by atoms with Gasteiger partial charge in [-0.15, -0.1) is 15.3 Å². The molecule has 11 nitrogen and oxygen atoms in total. The summed E-state index contributed by atoms with van der Waals surface area (Å²) in [6.45, 7) is 4.18. The van der Waals surface area contributed by atoms with Crippen LogP contribution in [-0.2, 0) is 19.1 Å². The molecule has 1 unspecified atom stereocenters. The number of nitrogens with zero attached hydrogens (tertiary/aromatic N) is 6. The van der Waals surface area contributed by atoms with E-state index in [0.29, 0.717) is 6.61 Å². The van der Waals surface area contributed by atoms with Crippen LogP contribution in [0.5, 0.6) is 0 Å². The largest absolute Gasteiger partial charge is 0.490 e. The normalized spacial score (nSPS) is 21.8. The highest BCUT2D eigenvalue weighted by atomic mass is 19.4. The molecule has 186 valence electrons. The number of fused-ring (bicyclic) bond motifs is 1. The molecule has 3 aliphatic rings. The summed E-state index contributed by atoms with van der Waals surface area (Å²) in [7, 11) is 0. The van der Waals surface area contributed by atoms with E-state index in [1.807, 2.05) is 17.0 Å². The zero-order valence-corrected chi connectivity index (χ0v) is 18.3. The molecule has 1 atom stereocenters. The van der Waals surface area contributed by atoms with Crippen molar-refractivity contribution in [3.63, 3.8) is 0 Å². The molecule has 34 heavy (non-hydrogen) atoms. The van der Waals surface area contributed by atoms with Gasteiger partial charge in [0, 0.05) is 26.1 Å². The maximum Gasteiger partial charge on any atom is 0.490 e. The van der Waals surface area contributed by atoms with Crippen LogP contribution in [0.25, 0.3) is 5.65 Å². The van der Waals surface area contributed by atoms with E-state index in [-0.39, 0.29) is 24.2 Å². The first-order valence-electron chi connectivity index (χ1n) is 10.9. The van der Waals surface area contributed by atoms with Crippen LogP contribution in [0.4, 0.5) is 19.0 Å². The van der Waals surface area contributed by atoms with Crippen molar-refractivity contribution >= 4 is 23.3 Å². The van der Waals surface area contributed by atoms with Crippen LogP contribution in [-0.4, -0.2) is 99.0 Å². The van der Waals surface area contributed by atoms with E-state index in [4.69, 9.17) is 19.4 Å². The summed E-state index contributed by atoms with van der Waals surface area (Å²) in [5, 5.41) is 19.5. The number of carbonyl (C=O) groups is 2. The van der Waals surface area contributed by atoms with Crippen molar-refractivity contribution in [2.45, 2.75) is 43.6 Å². The van der Waals surface area contributed by atoms with Gasteiger partial charge in [0.2, 0.25) is 5.91 Å². The molecule has 3 saturated heterocycles. The van der Waals surface area contributed by atoms with Gasteiger partial charge >= 0.3 is 12.1 Å². The molecule has 0 radical (unpaired) electrons. The number of hydrogen-bond donors (Lipinski definition) is 1. The molecule has 3 aliphatic heterocycles. The number of halogens is 3. The first-order valence-corrected chi connectivity index (χ1v) is 10.9. The Morgan fingerprint density at radius 1 is 1.24 bits per heavy atom. The number of carboxylic acid groups (broad SMARTS) is 1. The van der Waals surface area contributed by atoms with E-state index in [0.717, 1.165) is 63.3 Å². The Labute approximate surface area is 192 Å². The van der Waals surface area contributed by atoms with Crippen LogP contribution < -0.4 is 4.90 Å². The number of rotatable bonds is 4. The summed E-state index contributed by atoms with van der Waals surface area (Å²) < 4.78 is 45.5. The van der Waals surface area contributed by atoms with E-state index in [1.165, 1.54) is 0 Å². The standard InChI is InChI=1S/C18H24N6O3.C2HF3O2/c25-17(22-6-1-2-7-22)10-26-14-5-8-27-18(9-14)11-23(12-18)16-4-3-15-20-19-13-24(15)21-16;3-2(4,5)1(6)7/h3-4,13-14H,1-2,5-12H2;(H,6,7). The SMILES string of the molecule is O=C(COC1CCOC2(C1)CN(c1ccc3nncn3n1)C2)N1CCCC1.O=C(O)C(F)(F)F. The number of anilines is 1. The number of aliphatic carboxylic acids is 1. The number of likely N-dealkylation sites (tertiary alicyclic amines) is 1. The first kappa shape index (κ1) is 24.1. The second-order valence-electron chi connectivity index (χ2n) is 8.53. The summed E-state index contributed by atoms with van der Waals surface area (Å²) in [5.41, 5.74) is 0.544. The maximum atomic E-state index is 12.2. The molecule has 2 aromatic heterocycles. The molecule has 1 spiro atoms. The molecule has 1 N–H and O–H groups in total. The number of alkyl halides is 3. The van der Waals surface area contributed by atoms with Crippen LogP contribution >= 0.6 is 0 Å². The third-order valence-electron chi connectivity index (χ3n) is 6.02. The van der Waals surface area contributed by atoms with Gasteiger partial charge in [0.05, 0.1) is 19.2 Å². The lowest BCUT2D eigenvalue weighted by Gasteiger charge is -2.53. The number of aromatic nitrogens is 4. The number of carbonyl (C=O) groups excluding carboxylic acids is 1. The van der Waals surface area contributed by atoms with Crippen molar-refractivity contribution in [3.05, 3.63) is 18.5 Å². The van der Waals surface area contributed by atoms with Gasteiger partial charge in [0.15, 0.2) is 5.65 Å². The number of amides is 1. The van der Waals surface area contributed by atoms with Crippen LogP contribution in [0.3, 0.4) is 0 Å². The van der Waals surface area contributed by atoms with Crippen molar-refractivity contribution in [1.29, 1.82) is 0 Å². The molecule has 0 aromatic carbocycles. The average Bonchev–Trinajstić information content (AvgIpc) is 3.47. The fourth-order valence-electron chi connectivity index (χ4n) is 4.29. The van der Waals surface area contributed by atoms with Crippen molar-refractivity contribution < 1.29 is 37.3 Å². The van der Waals surface area contributed by atoms with Crippen LogP contribution in [0, 0.1) is 0 Å². The number of ether oxygens (including phenoxy) is 2. The minimum atomic E-state index is -5.08. The Bertz CT molecular complexity index is 1020. The maximum absolute atomic E-state index is 12.2. The second-order valence-corrected chi connectivity index (χ2v) is 8.53. The smallest absolute Gasteiger partial charge is 0.475 e. The van der Waals surface area contributed by atoms with E-state index in [2.05, 4.69) is 20.2 Å². The highest BCUT2D eigenvalue weighted by Crippen LogP contribution is 2.37. The molecule has 2 aromatic rings. The molecule has 5 rings (SSSR count). The van der Waals surface area contributed by atoms with Gasteiger partial charge in [0.1, 0.15) is 24.4 Å². The van der Waals surface area contributed by atoms with Crippen LogP contribution in [0.2, 0.25) is 0 Å². The predicted molar refractivity (Wildman–Crippen MR) is 110 cm³/mol. The third kappa shape index (κ3) is 5.55. The average molecular weight is 486 g/mol. The van der Waals surface area contributed by atoms with E-state index < -0.39 is 12.1 Å². The van der Waals surface area contributed by atoms with Gasteiger partial charge < -0.3 is 24.4 Å². The minimum absolute atomic E-state index is 0.0840. The quantitative estimate of drug-likeness (QED) is 0.678. The summed E-state index contributed by atoms with van der Waals surface area (Å²) in [6.07, 6.45) is 0.493. The van der Waals surface area contributed by atoms with Crippen molar-refractivity contribution in [2.75, 3.05) is 44.3 Å². The fourth-order valence-corrected chi connectivity index (χ4v) is 4.29. The summed E-state index contributed by atoms with van der Waals surface area (Å²) in [6, 6.07) is 3.88. The summed E-state index contributed by atoms with van der Waals surface area (Å²) in [4.78, 5) is 25.2. The Morgan fingerprint density at radius 2 is 1.94 bits per heavy atom. The molecular formula is C20H25F3N6O5. The highest BCUT2D eigenvalue weighted by molar-refractivity contribution is 5.77. The Balaban J connectivity index is 0.000000344. The van der Waals surface area contributed by atoms with Crippen molar-refractivity contribution in [2.24, 2.45) is 0 Å². The van der Waals surface area contributed by atoms with Crippen LogP contribution in [0.1, 0.15) is 25.7 Å². The molecule has 5 heterocycles. The van der Waals surface area contributed by atoms with Gasteiger partial charge in [-0.2, -0.15) is 17.7 Å². The molecule has 1 amide bonds. The van der Waals surface area contributed by atoms with E-state index in [9.17, 15) is 18.0 Å². The molecule has 0 bridgehead atoms. The first-order chi connectivity index (χ1) is 16.2. The van der Waals surface area contributed by atoms with Crippen LogP contribution in [0.15, 0.2) is 18.5 Å². The lowest BCUT2D eigenvalue weighted by Crippen LogP contribution is -2.66. The predicted octanol–water partition coefficient (Wildman–Crippen LogP) is 1.13. The second kappa shape index (κ2) is 9.70. The van der Waals surface area contributed by atoms with Crippen molar-refractivity contribution in [3.8, 4) is 0 Å². The lowest BCUT2D eigenvalue weighted by atomic mass is 9.84. The topological polar surface area (TPSA) is 122 Å². The molecule has 0 aliphatic carbocycles.